The molecule has 2 aromatic rings. The van der Waals surface area contributed by atoms with E-state index in [1.165, 1.54) is 6.26 Å². The zero-order valence-corrected chi connectivity index (χ0v) is 14.4. The molecular formula is C17H19N3O6. The van der Waals surface area contributed by atoms with Crippen LogP contribution in [-0.4, -0.2) is 37.2 Å². The highest BCUT2D eigenvalue weighted by atomic mass is 16.7. The maximum Gasteiger partial charge on any atom is 0.273 e. The van der Waals surface area contributed by atoms with E-state index in [4.69, 9.17) is 18.6 Å². The van der Waals surface area contributed by atoms with Crippen molar-refractivity contribution < 1.29 is 28.2 Å². The van der Waals surface area contributed by atoms with Crippen LogP contribution in [0, 0.1) is 5.92 Å². The lowest BCUT2D eigenvalue weighted by Crippen LogP contribution is -2.36. The summed E-state index contributed by atoms with van der Waals surface area (Å²) in [6.45, 7) is 2.16. The summed E-state index contributed by atoms with van der Waals surface area (Å²) >= 11 is 0. The van der Waals surface area contributed by atoms with Gasteiger partial charge in [-0.2, -0.15) is 0 Å². The first-order chi connectivity index (χ1) is 12.6. The summed E-state index contributed by atoms with van der Waals surface area (Å²) in [6.07, 6.45) is 1.25. The van der Waals surface area contributed by atoms with E-state index in [2.05, 4.69) is 15.6 Å². The predicted molar refractivity (Wildman–Crippen MR) is 89.0 cm³/mol. The molecule has 1 aliphatic rings. The molecule has 0 saturated heterocycles. The Labute approximate surface area is 149 Å². The van der Waals surface area contributed by atoms with Crippen LogP contribution >= 0.6 is 0 Å². The van der Waals surface area contributed by atoms with E-state index >= 15 is 0 Å². The van der Waals surface area contributed by atoms with E-state index in [0.717, 1.165) is 0 Å². The molecule has 1 aromatic carbocycles. The Bertz CT molecular complexity index is 804. The van der Waals surface area contributed by atoms with Gasteiger partial charge in [-0.3, -0.25) is 9.59 Å². The molecule has 1 aromatic heterocycles. The summed E-state index contributed by atoms with van der Waals surface area (Å²) in [5.41, 5.74) is 0.124. The fraction of sp³-hybridized carbons (Fsp3) is 0.353. The van der Waals surface area contributed by atoms with E-state index in [1.54, 1.807) is 32.2 Å². The van der Waals surface area contributed by atoms with Crippen LogP contribution in [0.15, 0.2) is 28.9 Å². The second kappa shape index (κ2) is 7.77. The summed E-state index contributed by atoms with van der Waals surface area (Å²) in [6, 6.07) is 5.20. The van der Waals surface area contributed by atoms with Crippen LogP contribution in [0.25, 0.3) is 0 Å². The van der Waals surface area contributed by atoms with Gasteiger partial charge in [0, 0.05) is 19.7 Å². The van der Waals surface area contributed by atoms with Crippen LogP contribution in [-0.2, 0) is 11.4 Å². The first-order valence-electron chi connectivity index (χ1n) is 8.03. The number of oxazole rings is 1. The highest BCUT2D eigenvalue weighted by molar-refractivity contribution is 5.92. The molecule has 3 rings (SSSR count). The van der Waals surface area contributed by atoms with Gasteiger partial charge in [0.1, 0.15) is 12.0 Å². The maximum absolute atomic E-state index is 12.0. The van der Waals surface area contributed by atoms with Crippen LogP contribution < -0.4 is 24.8 Å². The largest absolute Gasteiger partial charge is 0.484 e. The van der Waals surface area contributed by atoms with E-state index in [-0.39, 0.29) is 43.4 Å². The minimum Gasteiger partial charge on any atom is -0.484 e. The molecule has 1 unspecified atom stereocenters. The molecule has 1 aliphatic heterocycles. The fourth-order valence-electron chi connectivity index (χ4n) is 2.27. The lowest BCUT2D eigenvalue weighted by molar-refractivity contribution is -0.123. The number of amides is 2. The van der Waals surface area contributed by atoms with E-state index < -0.39 is 5.91 Å². The Kier molecular flexibility index (Phi) is 5.26. The third kappa shape index (κ3) is 4.05. The monoisotopic (exact) mass is 361 g/mol. The van der Waals surface area contributed by atoms with Crippen LogP contribution in [0.2, 0.25) is 0 Å². The zero-order valence-electron chi connectivity index (χ0n) is 14.4. The number of hydrogen-bond donors (Lipinski definition) is 2. The van der Waals surface area contributed by atoms with Crippen molar-refractivity contribution in [3.63, 3.8) is 0 Å². The van der Waals surface area contributed by atoms with Gasteiger partial charge in [-0.15, -0.1) is 0 Å². The Morgan fingerprint density at radius 1 is 1.31 bits per heavy atom. The molecule has 2 N–H and O–H groups in total. The van der Waals surface area contributed by atoms with Gasteiger partial charge in [0.25, 0.3) is 5.91 Å². The minimum atomic E-state index is -0.418. The van der Waals surface area contributed by atoms with Gasteiger partial charge < -0.3 is 29.3 Å². The van der Waals surface area contributed by atoms with Crippen molar-refractivity contribution in [2.45, 2.75) is 13.5 Å². The van der Waals surface area contributed by atoms with Gasteiger partial charge in [-0.25, -0.2) is 4.98 Å². The molecule has 0 aliphatic carbocycles. The number of carbonyl (C=O) groups is 2. The number of rotatable bonds is 7. The van der Waals surface area contributed by atoms with E-state index in [0.29, 0.717) is 17.2 Å². The molecule has 1 atom stereocenters. The van der Waals surface area contributed by atoms with Crippen molar-refractivity contribution >= 4 is 11.8 Å². The highest BCUT2D eigenvalue weighted by Gasteiger charge is 2.17. The van der Waals surface area contributed by atoms with Crippen molar-refractivity contribution in [2.24, 2.45) is 5.92 Å². The Hall–Kier alpha value is -3.23. The Balaban J connectivity index is 1.51. The lowest BCUT2D eigenvalue weighted by Gasteiger charge is -2.09. The van der Waals surface area contributed by atoms with Gasteiger partial charge in [0.2, 0.25) is 18.6 Å². The van der Waals surface area contributed by atoms with Gasteiger partial charge in [-0.05, 0) is 12.1 Å². The number of ether oxygens (including phenoxy) is 3. The molecule has 9 heteroatoms. The summed E-state index contributed by atoms with van der Waals surface area (Å²) in [7, 11) is 1.55. The smallest absolute Gasteiger partial charge is 0.273 e. The van der Waals surface area contributed by atoms with Gasteiger partial charge >= 0.3 is 0 Å². The van der Waals surface area contributed by atoms with Crippen molar-refractivity contribution in [3.8, 4) is 17.2 Å². The summed E-state index contributed by atoms with van der Waals surface area (Å²) in [4.78, 5) is 27.5. The molecule has 0 fully saturated rings. The standard InChI is InChI=1S/C17H19N3O6/c1-10(16(21)18-2)6-19-17(22)12-7-24-15(20-12)8-23-11-3-4-13-14(5-11)26-9-25-13/h3-5,7,10H,6,8-9H2,1-2H3,(H,18,21)(H,19,22). The number of fused-ring (bicyclic) bond motifs is 1. The molecule has 2 heterocycles. The molecule has 26 heavy (non-hydrogen) atoms. The average Bonchev–Trinajstić information content (AvgIpc) is 3.32. The summed E-state index contributed by atoms with van der Waals surface area (Å²) < 4.78 is 21.3. The Morgan fingerprint density at radius 3 is 2.92 bits per heavy atom. The second-order valence-corrected chi connectivity index (χ2v) is 5.66. The molecule has 0 saturated carbocycles. The van der Waals surface area contributed by atoms with Crippen LogP contribution in [0.5, 0.6) is 17.2 Å². The van der Waals surface area contributed by atoms with Crippen molar-refractivity contribution in [1.82, 2.24) is 15.6 Å². The third-order valence-electron chi connectivity index (χ3n) is 3.75. The molecule has 9 nitrogen and oxygen atoms in total. The fourth-order valence-corrected chi connectivity index (χ4v) is 2.27. The highest BCUT2D eigenvalue weighted by Crippen LogP contribution is 2.35. The maximum atomic E-state index is 12.0. The number of nitrogens with zero attached hydrogens (tertiary/aromatic N) is 1. The third-order valence-corrected chi connectivity index (χ3v) is 3.75. The number of benzene rings is 1. The van der Waals surface area contributed by atoms with Gasteiger partial charge in [0.15, 0.2) is 23.8 Å². The quantitative estimate of drug-likeness (QED) is 0.759. The zero-order chi connectivity index (χ0) is 18.5. The molecule has 138 valence electrons. The van der Waals surface area contributed by atoms with Crippen LogP contribution in [0.1, 0.15) is 23.3 Å². The first-order valence-corrected chi connectivity index (χ1v) is 8.03. The van der Waals surface area contributed by atoms with Crippen molar-refractivity contribution in [3.05, 3.63) is 36.0 Å². The number of hydrogen-bond acceptors (Lipinski definition) is 7. The first kappa shape index (κ1) is 17.6. The normalized spacial score (nSPS) is 13.2. The minimum absolute atomic E-state index is 0.0571. The molecule has 0 bridgehead atoms. The van der Waals surface area contributed by atoms with Crippen LogP contribution in [0.3, 0.4) is 0 Å². The predicted octanol–water partition coefficient (Wildman–Crippen LogP) is 1.09. The molecule has 0 radical (unpaired) electrons. The van der Waals surface area contributed by atoms with E-state index in [1.807, 2.05) is 0 Å². The van der Waals surface area contributed by atoms with Crippen molar-refractivity contribution in [1.29, 1.82) is 0 Å². The summed E-state index contributed by atoms with van der Waals surface area (Å²) in [5, 5.41) is 5.16. The molecule has 2 amide bonds. The lowest BCUT2D eigenvalue weighted by atomic mass is 10.1. The van der Waals surface area contributed by atoms with Gasteiger partial charge in [-0.1, -0.05) is 6.92 Å². The number of carbonyl (C=O) groups excluding carboxylic acids is 2. The average molecular weight is 361 g/mol. The van der Waals surface area contributed by atoms with Gasteiger partial charge in [0.05, 0.1) is 5.92 Å². The number of nitrogens with one attached hydrogen (secondary N) is 2. The molecule has 0 spiro atoms. The molecular weight excluding hydrogens is 342 g/mol. The van der Waals surface area contributed by atoms with E-state index in [9.17, 15) is 9.59 Å². The topological polar surface area (TPSA) is 112 Å². The van der Waals surface area contributed by atoms with Crippen molar-refractivity contribution in [2.75, 3.05) is 20.4 Å². The van der Waals surface area contributed by atoms with Crippen LogP contribution in [0.4, 0.5) is 0 Å². The SMILES string of the molecule is CNC(=O)C(C)CNC(=O)c1coc(COc2ccc3c(c2)OCO3)n1. The Morgan fingerprint density at radius 2 is 2.12 bits per heavy atom. The summed E-state index contributed by atoms with van der Waals surface area (Å²) in [5.74, 6) is 1.19. The second-order valence-electron chi connectivity index (χ2n) is 5.66. The number of aromatic nitrogens is 1.